The number of rotatable bonds is 6. The van der Waals surface area contributed by atoms with E-state index in [4.69, 9.17) is 4.74 Å². The van der Waals surface area contributed by atoms with Gasteiger partial charge in [-0.1, -0.05) is 25.5 Å². The smallest absolute Gasteiger partial charge is 0.119 e. The molecule has 1 aliphatic rings. The predicted octanol–water partition coefficient (Wildman–Crippen LogP) is 4.02. The second-order valence-electron chi connectivity index (χ2n) is 5.11. The third kappa shape index (κ3) is 4.15. The summed E-state index contributed by atoms with van der Waals surface area (Å²) in [5.41, 5.74) is 1.37. The number of nitrogens with one attached hydrogen (secondary N) is 1. The Morgan fingerprint density at radius 1 is 1.42 bits per heavy atom. The zero-order chi connectivity index (χ0) is 13.5. The van der Waals surface area contributed by atoms with Crippen LogP contribution in [0, 0.1) is 0 Å². The van der Waals surface area contributed by atoms with Crippen molar-refractivity contribution in [2.24, 2.45) is 0 Å². The molecule has 0 spiro atoms. The predicted molar refractivity (Wildman–Crippen MR) is 84.1 cm³/mol. The molecule has 1 aromatic rings. The highest BCUT2D eigenvalue weighted by molar-refractivity contribution is 8.00. The second-order valence-corrected chi connectivity index (χ2v) is 6.46. The zero-order valence-electron chi connectivity index (χ0n) is 12.0. The Bertz CT molecular complexity index is 377. The van der Waals surface area contributed by atoms with E-state index in [-0.39, 0.29) is 0 Å². The molecule has 0 amide bonds. The van der Waals surface area contributed by atoms with Crippen LogP contribution in [0.25, 0.3) is 0 Å². The molecule has 1 fully saturated rings. The Morgan fingerprint density at radius 3 is 3.00 bits per heavy atom. The average molecular weight is 279 g/mol. The molecule has 2 unspecified atom stereocenters. The number of ether oxygens (including phenoxy) is 1. The van der Waals surface area contributed by atoms with Gasteiger partial charge in [0.05, 0.1) is 7.11 Å². The van der Waals surface area contributed by atoms with E-state index >= 15 is 0 Å². The Morgan fingerprint density at radius 2 is 2.32 bits per heavy atom. The maximum absolute atomic E-state index is 5.36. The van der Waals surface area contributed by atoms with Crippen molar-refractivity contribution in [1.82, 2.24) is 5.32 Å². The molecule has 1 N–H and O–H groups in total. The molecule has 1 heterocycles. The van der Waals surface area contributed by atoms with Gasteiger partial charge in [0.25, 0.3) is 0 Å². The van der Waals surface area contributed by atoms with Crippen molar-refractivity contribution in [2.45, 2.75) is 43.9 Å². The molecule has 106 valence electrons. The largest absolute Gasteiger partial charge is 0.497 e. The molecule has 0 bridgehead atoms. The minimum Gasteiger partial charge on any atom is -0.497 e. The van der Waals surface area contributed by atoms with Crippen molar-refractivity contribution in [2.75, 3.05) is 19.4 Å². The van der Waals surface area contributed by atoms with Gasteiger partial charge in [0.2, 0.25) is 0 Å². The average Bonchev–Trinajstić information content (AvgIpc) is 2.49. The summed E-state index contributed by atoms with van der Waals surface area (Å²) in [6.07, 6.45) is 5.24. The molecule has 1 aliphatic heterocycles. The first-order valence-electron chi connectivity index (χ1n) is 7.34. The first-order chi connectivity index (χ1) is 9.35. The van der Waals surface area contributed by atoms with Gasteiger partial charge in [0.15, 0.2) is 0 Å². The van der Waals surface area contributed by atoms with Gasteiger partial charge in [-0.15, -0.1) is 0 Å². The first-order valence-corrected chi connectivity index (χ1v) is 8.39. The van der Waals surface area contributed by atoms with Crippen LogP contribution in [0.2, 0.25) is 0 Å². The number of benzene rings is 1. The van der Waals surface area contributed by atoms with Gasteiger partial charge in [-0.3, -0.25) is 0 Å². The maximum atomic E-state index is 5.36. The molecule has 0 aromatic heterocycles. The summed E-state index contributed by atoms with van der Waals surface area (Å²) in [6.45, 7) is 3.31. The first kappa shape index (κ1) is 14.7. The monoisotopic (exact) mass is 279 g/mol. The van der Waals surface area contributed by atoms with Gasteiger partial charge < -0.3 is 10.1 Å². The fourth-order valence-corrected chi connectivity index (χ4v) is 4.08. The van der Waals surface area contributed by atoms with Crippen LogP contribution in [0.4, 0.5) is 0 Å². The van der Waals surface area contributed by atoms with Crippen LogP contribution < -0.4 is 10.1 Å². The van der Waals surface area contributed by atoms with E-state index in [0.29, 0.717) is 11.3 Å². The Kier molecular flexibility index (Phi) is 6.05. The summed E-state index contributed by atoms with van der Waals surface area (Å²) in [4.78, 5) is 0. The molecule has 0 saturated carbocycles. The van der Waals surface area contributed by atoms with Crippen molar-refractivity contribution in [3.05, 3.63) is 29.8 Å². The summed E-state index contributed by atoms with van der Waals surface area (Å²) in [5, 5.41) is 4.43. The fraction of sp³-hybridized carbons (Fsp3) is 0.625. The molecule has 2 nitrogen and oxygen atoms in total. The van der Waals surface area contributed by atoms with Crippen LogP contribution in [0.15, 0.2) is 24.3 Å². The van der Waals surface area contributed by atoms with Crippen molar-refractivity contribution in [3.8, 4) is 5.75 Å². The van der Waals surface area contributed by atoms with Crippen LogP contribution in [-0.2, 0) is 0 Å². The lowest BCUT2D eigenvalue weighted by Crippen LogP contribution is -2.32. The van der Waals surface area contributed by atoms with Crippen LogP contribution in [0.5, 0.6) is 5.75 Å². The van der Waals surface area contributed by atoms with Crippen molar-refractivity contribution in [1.29, 1.82) is 0 Å². The van der Waals surface area contributed by atoms with Crippen LogP contribution >= 0.6 is 11.8 Å². The van der Waals surface area contributed by atoms with Crippen LogP contribution in [0.3, 0.4) is 0 Å². The molecule has 2 rings (SSSR count). The molecule has 2 atom stereocenters. The molecule has 1 aromatic carbocycles. The molecule has 0 aliphatic carbocycles. The van der Waals surface area contributed by atoms with Crippen molar-refractivity contribution in [3.63, 3.8) is 0 Å². The van der Waals surface area contributed by atoms with Gasteiger partial charge in [-0.2, -0.15) is 11.8 Å². The lowest BCUT2D eigenvalue weighted by atomic mass is 9.99. The normalized spacial score (nSPS) is 21.1. The molecule has 19 heavy (non-hydrogen) atoms. The highest BCUT2D eigenvalue weighted by Crippen LogP contribution is 2.35. The van der Waals surface area contributed by atoms with E-state index in [0.717, 1.165) is 12.3 Å². The van der Waals surface area contributed by atoms with E-state index in [1.807, 2.05) is 6.07 Å². The maximum Gasteiger partial charge on any atom is 0.119 e. The molecule has 0 radical (unpaired) electrons. The lowest BCUT2D eigenvalue weighted by Gasteiger charge is -2.31. The highest BCUT2D eigenvalue weighted by atomic mass is 32.2. The van der Waals surface area contributed by atoms with E-state index in [1.54, 1.807) is 7.11 Å². The Labute approximate surface area is 121 Å². The number of hydrogen-bond donors (Lipinski definition) is 1. The number of thioether (sulfide) groups is 1. The Balaban J connectivity index is 2.14. The van der Waals surface area contributed by atoms with E-state index in [9.17, 15) is 0 Å². The third-order valence-electron chi connectivity index (χ3n) is 3.65. The van der Waals surface area contributed by atoms with Crippen molar-refractivity contribution < 1.29 is 4.74 Å². The quantitative estimate of drug-likeness (QED) is 0.849. The van der Waals surface area contributed by atoms with Crippen molar-refractivity contribution >= 4 is 11.8 Å². The van der Waals surface area contributed by atoms with E-state index < -0.39 is 0 Å². The molecular weight excluding hydrogens is 254 g/mol. The summed E-state index contributed by atoms with van der Waals surface area (Å²) in [6, 6.07) is 8.99. The van der Waals surface area contributed by atoms with Gasteiger partial charge in [-0.25, -0.2) is 0 Å². The van der Waals surface area contributed by atoms with Gasteiger partial charge >= 0.3 is 0 Å². The minimum absolute atomic E-state index is 0.459. The molecular formula is C16H25NOS. The SMILES string of the molecule is CCCNC(c1cccc(OC)c1)C1CCCCS1. The van der Waals surface area contributed by atoms with Gasteiger partial charge in [-0.05, 0) is 49.3 Å². The molecule has 3 heteroatoms. The zero-order valence-corrected chi connectivity index (χ0v) is 12.8. The summed E-state index contributed by atoms with van der Waals surface area (Å²) in [7, 11) is 1.74. The second kappa shape index (κ2) is 7.81. The van der Waals surface area contributed by atoms with Crippen LogP contribution in [0.1, 0.15) is 44.2 Å². The summed E-state index contributed by atoms with van der Waals surface area (Å²) in [5.74, 6) is 2.26. The minimum atomic E-state index is 0.459. The van der Waals surface area contributed by atoms with E-state index in [1.165, 1.54) is 37.0 Å². The number of hydrogen-bond acceptors (Lipinski definition) is 3. The third-order valence-corrected chi connectivity index (χ3v) is 5.11. The summed E-state index contributed by atoms with van der Waals surface area (Å²) < 4.78 is 5.36. The lowest BCUT2D eigenvalue weighted by molar-refractivity contribution is 0.411. The molecule has 1 saturated heterocycles. The summed E-state index contributed by atoms with van der Waals surface area (Å²) >= 11 is 2.13. The van der Waals surface area contributed by atoms with Gasteiger partial charge in [0.1, 0.15) is 5.75 Å². The van der Waals surface area contributed by atoms with Gasteiger partial charge in [0, 0.05) is 11.3 Å². The number of methoxy groups -OCH3 is 1. The fourth-order valence-electron chi connectivity index (χ4n) is 2.63. The Hall–Kier alpha value is -0.670. The topological polar surface area (TPSA) is 21.3 Å². The highest BCUT2D eigenvalue weighted by Gasteiger charge is 2.25. The van der Waals surface area contributed by atoms with Crippen LogP contribution in [-0.4, -0.2) is 24.7 Å². The standard InChI is InChI=1S/C16H25NOS/c1-3-10-17-16(15-9-4-5-11-19-15)13-7-6-8-14(12-13)18-2/h6-8,12,15-17H,3-5,9-11H2,1-2H3. The van der Waals surface area contributed by atoms with E-state index in [2.05, 4.69) is 42.2 Å².